The van der Waals surface area contributed by atoms with Gasteiger partial charge in [0.1, 0.15) is 6.04 Å². The van der Waals surface area contributed by atoms with Crippen LogP contribution in [0.25, 0.3) is 0 Å². The van der Waals surface area contributed by atoms with Crippen LogP contribution in [0.5, 0.6) is 0 Å². The fraction of sp³-hybridized carbons (Fsp3) is 0.615. The molecule has 1 aromatic rings. The average Bonchev–Trinajstić information content (AvgIpc) is 3.06. The minimum atomic E-state index is -0.774. The number of anilines is 1. The number of carbonyl (C=O) groups excluding carboxylic acids is 4. The number of primary amides is 1. The predicted octanol–water partition coefficient (Wildman–Crippen LogP) is 3.26. The molecule has 2 unspecified atom stereocenters. The summed E-state index contributed by atoms with van der Waals surface area (Å²) in [4.78, 5) is 55.0. The highest BCUT2D eigenvalue weighted by Crippen LogP contribution is 2.61. The first-order valence-electron chi connectivity index (χ1n) is 12.3. The van der Waals surface area contributed by atoms with Crippen molar-refractivity contribution in [2.45, 2.75) is 77.3 Å². The lowest BCUT2D eigenvalue weighted by molar-refractivity contribution is -0.164. The van der Waals surface area contributed by atoms with E-state index in [0.717, 1.165) is 30.6 Å². The van der Waals surface area contributed by atoms with E-state index in [-0.39, 0.29) is 35.6 Å². The molecule has 7 nitrogen and oxygen atoms in total. The molecule has 7 heteroatoms. The summed E-state index contributed by atoms with van der Waals surface area (Å²) in [6, 6.07) is 5.25. The predicted molar refractivity (Wildman–Crippen MR) is 123 cm³/mol. The largest absolute Gasteiger partial charge is 0.366 e. The second kappa shape index (κ2) is 7.96. The lowest BCUT2D eigenvalue weighted by Gasteiger charge is -2.57. The molecule has 176 valence electrons. The SMILES string of the molecule is CCC(C)N(C(=O)C12CC3CC(CC(C3)C1)C2)C1CC(=O)N(c2ccc(C(N)=O)cc2)C1=O. The Kier molecular flexibility index (Phi) is 5.33. The smallest absolute Gasteiger partial charge is 0.257 e. The van der Waals surface area contributed by atoms with Crippen molar-refractivity contribution < 1.29 is 19.2 Å². The normalized spacial score (nSPS) is 33.5. The van der Waals surface area contributed by atoms with Crippen molar-refractivity contribution >= 4 is 29.3 Å². The van der Waals surface area contributed by atoms with Crippen molar-refractivity contribution in [2.75, 3.05) is 4.90 Å². The molecule has 2 N–H and O–H groups in total. The Labute approximate surface area is 194 Å². The van der Waals surface area contributed by atoms with E-state index in [2.05, 4.69) is 0 Å². The Bertz CT molecular complexity index is 966. The highest BCUT2D eigenvalue weighted by molar-refractivity contribution is 6.23. The molecule has 0 spiro atoms. The number of imide groups is 1. The van der Waals surface area contributed by atoms with Gasteiger partial charge in [-0.1, -0.05) is 6.92 Å². The van der Waals surface area contributed by atoms with E-state index in [9.17, 15) is 19.2 Å². The lowest BCUT2D eigenvalue weighted by Crippen LogP contribution is -2.59. The molecule has 6 rings (SSSR count). The molecule has 0 aromatic heterocycles. The van der Waals surface area contributed by atoms with Crippen LogP contribution in [0.15, 0.2) is 24.3 Å². The van der Waals surface area contributed by atoms with Crippen LogP contribution in [0.1, 0.15) is 75.6 Å². The van der Waals surface area contributed by atoms with Crippen LogP contribution in [0.2, 0.25) is 0 Å². The third kappa shape index (κ3) is 3.56. The van der Waals surface area contributed by atoms with E-state index in [1.165, 1.54) is 31.4 Å². The zero-order chi connectivity index (χ0) is 23.5. The number of nitrogens with zero attached hydrogens (tertiary/aromatic N) is 2. The monoisotopic (exact) mass is 451 g/mol. The number of hydrogen-bond acceptors (Lipinski definition) is 4. The van der Waals surface area contributed by atoms with E-state index in [1.54, 1.807) is 17.0 Å². The number of rotatable bonds is 6. The Morgan fingerprint density at radius 3 is 2.09 bits per heavy atom. The van der Waals surface area contributed by atoms with Crippen molar-refractivity contribution in [1.82, 2.24) is 4.90 Å². The summed E-state index contributed by atoms with van der Waals surface area (Å²) in [5, 5.41) is 0. The van der Waals surface area contributed by atoms with Gasteiger partial charge in [-0.15, -0.1) is 0 Å². The van der Waals surface area contributed by atoms with Crippen LogP contribution in [0.4, 0.5) is 5.69 Å². The number of benzene rings is 1. The van der Waals surface area contributed by atoms with Gasteiger partial charge in [0.2, 0.25) is 17.7 Å². The van der Waals surface area contributed by atoms with Crippen molar-refractivity contribution in [1.29, 1.82) is 0 Å². The first-order valence-corrected chi connectivity index (χ1v) is 12.3. The van der Waals surface area contributed by atoms with Gasteiger partial charge in [-0.25, -0.2) is 4.90 Å². The molecule has 4 bridgehead atoms. The summed E-state index contributed by atoms with van der Waals surface area (Å²) < 4.78 is 0. The number of carbonyl (C=O) groups is 4. The van der Waals surface area contributed by atoms with E-state index in [0.29, 0.717) is 29.0 Å². The van der Waals surface area contributed by atoms with Crippen LogP contribution in [-0.2, 0) is 14.4 Å². The van der Waals surface area contributed by atoms with Crippen molar-refractivity contribution in [2.24, 2.45) is 28.9 Å². The van der Waals surface area contributed by atoms with Gasteiger partial charge in [0.15, 0.2) is 0 Å². The molecule has 5 fully saturated rings. The minimum absolute atomic E-state index is 0.00114. The Morgan fingerprint density at radius 2 is 1.61 bits per heavy atom. The lowest BCUT2D eigenvalue weighted by atomic mass is 9.49. The van der Waals surface area contributed by atoms with Gasteiger partial charge < -0.3 is 10.6 Å². The fourth-order valence-electron chi connectivity index (χ4n) is 7.37. The van der Waals surface area contributed by atoms with Gasteiger partial charge in [-0.2, -0.15) is 0 Å². The standard InChI is InChI=1S/C26H33N3O4/c1-3-15(2)28(25(33)26-12-16-8-17(13-26)10-18(9-16)14-26)21-11-22(30)29(24(21)32)20-6-4-19(5-7-20)23(27)31/h4-7,15-18,21H,3,8-14H2,1-2H3,(H2,27,31). The summed E-state index contributed by atoms with van der Waals surface area (Å²) >= 11 is 0. The summed E-state index contributed by atoms with van der Waals surface area (Å²) in [5.41, 5.74) is 5.66. The number of nitrogens with two attached hydrogens (primary N) is 1. The Hall–Kier alpha value is -2.70. The maximum Gasteiger partial charge on any atom is 0.257 e. The summed E-state index contributed by atoms with van der Waals surface area (Å²) in [6.07, 6.45) is 7.24. The molecule has 1 heterocycles. The topological polar surface area (TPSA) is 101 Å². The molecule has 33 heavy (non-hydrogen) atoms. The first kappa shape index (κ1) is 22.1. The van der Waals surface area contributed by atoms with Crippen LogP contribution in [0, 0.1) is 23.2 Å². The van der Waals surface area contributed by atoms with Crippen LogP contribution in [0.3, 0.4) is 0 Å². The number of hydrogen-bond donors (Lipinski definition) is 1. The van der Waals surface area contributed by atoms with E-state index in [4.69, 9.17) is 5.73 Å². The maximum atomic E-state index is 14.2. The zero-order valence-electron chi connectivity index (χ0n) is 19.5. The van der Waals surface area contributed by atoms with Crippen molar-refractivity contribution in [3.05, 3.63) is 29.8 Å². The Balaban J connectivity index is 1.44. The molecule has 4 aliphatic carbocycles. The quantitative estimate of drug-likeness (QED) is 0.671. The average molecular weight is 452 g/mol. The second-order valence-corrected chi connectivity index (χ2v) is 10.9. The van der Waals surface area contributed by atoms with Gasteiger partial charge in [0.05, 0.1) is 17.5 Å². The zero-order valence-corrected chi connectivity index (χ0v) is 19.5. The molecule has 4 saturated carbocycles. The van der Waals surface area contributed by atoms with E-state index >= 15 is 0 Å². The van der Waals surface area contributed by atoms with Crippen molar-refractivity contribution in [3.8, 4) is 0 Å². The molecule has 0 radical (unpaired) electrons. The Morgan fingerprint density at radius 1 is 1.06 bits per heavy atom. The molecular weight excluding hydrogens is 418 g/mol. The third-order valence-corrected chi connectivity index (χ3v) is 8.66. The van der Waals surface area contributed by atoms with Crippen LogP contribution >= 0.6 is 0 Å². The van der Waals surface area contributed by atoms with Gasteiger partial charge in [-0.05, 0) is 93.9 Å². The summed E-state index contributed by atoms with van der Waals surface area (Å²) in [7, 11) is 0. The van der Waals surface area contributed by atoms with E-state index in [1.807, 2.05) is 13.8 Å². The molecule has 4 amide bonds. The van der Waals surface area contributed by atoms with Crippen LogP contribution in [-0.4, -0.2) is 40.6 Å². The second-order valence-electron chi connectivity index (χ2n) is 10.9. The molecule has 1 aromatic carbocycles. The third-order valence-electron chi connectivity index (χ3n) is 8.66. The first-order chi connectivity index (χ1) is 15.7. The molecular formula is C26H33N3O4. The molecule has 5 aliphatic rings. The highest BCUT2D eigenvalue weighted by Gasteiger charge is 2.58. The molecule has 2 atom stereocenters. The highest BCUT2D eigenvalue weighted by atomic mass is 16.2. The van der Waals surface area contributed by atoms with Gasteiger partial charge in [0.25, 0.3) is 5.91 Å². The van der Waals surface area contributed by atoms with Gasteiger partial charge in [-0.3, -0.25) is 19.2 Å². The number of amides is 4. The minimum Gasteiger partial charge on any atom is -0.366 e. The summed E-state index contributed by atoms with van der Waals surface area (Å²) in [5.74, 6) is 0.727. The van der Waals surface area contributed by atoms with E-state index < -0.39 is 11.9 Å². The van der Waals surface area contributed by atoms with Crippen molar-refractivity contribution in [3.63, 3.8) is 0 Å². The van der Waals surface area contributed by atoms with Gasteiger partial charge >= 0.3 is 0 Å². The fourth-order valence-corrected chi connectivity index (χ4v) is 7.37. The molecule has 1 aliphatic heterocycles. The van der Waals surface area contributed by atoms with Gasteiger partial charge in [0, 0.05) is 11.6 Å². The molecule has 1 saturated heterocycles. The summed E-state index contributed by atoms with van der Waals surface area (Å²) in [6.45, 7) is 4.01. The van der Waals surface area contributed by atoms with Crippen LogP contribution < -0.4 is 10.6 Å². The maximum absolute atomic E-state index is 14.2.